The molecule has 0 bridgehead atoms. The van der Waals surface area contributed by atoms with Crippen molar-refractivity contribution in [2.24, 2.45) is 0 Å². The van der Waals surface area contributed by atoms with Crippen molar-refractivity contribution < 1.29 is 14.3 Å². The van der Waals surface area contributed by atoms with Gasteiger partial charge in [0.25, 0.3) is 0 Å². The number of hydrogen-bond donors (Lipinski definition) is 0. The number of aromatic nitrogens is 2. The molecule has 0 aliphatic heterocycles. The van der Waals surface area contributed by atoms with E-state index in [-0.39, 0.29) is 10.7 Å². The number of nitrogens with zero attached hydrogens (tertiary/aromatic N) is 2. The molecule has 128 valence electrons. The summed E-state index contributed by atoms with van der Waals surface area (Å²) < 4.78 is 10.3. The van der Waals surface area contributed by atoms with Crippen LogP contribution in [0.4, 0.5) is 0 Å². The summed E-state index contributed by atoms with van der Waals surface area (Å²) in [5, 5.41) is 0.0977. The topological polar surface area (TPSA) is 61.3 Å². The lowest BCUT2D eigenvalue weighted by atomic mass is 9.81. The second kappa shape index (κ2) is 7.66. The van der Waals surface area contributed by atoms with Crippen molar-refractivity contribution in [3.05, 3.63) is 41.5 Å². The molecule has 1 heterocycles. The first-order valence-corrected chi connectivity index (χ1v) is 8.45. The maximum atomic E-state index is 11.8. The van der Waals surface area contributed by atoms with Crippen LogP contribution in [-0.2, 0) is 10.2 Å². The predicted molar refractivity (Wildman–Crippen MR) is 95.1 cm³/mol. The van der Waals surface area contributed by atoms with Gasteiger partial charge in [0.2, 0.25) is 11.8 Å². The van der Waals surface area contributed by atoms with E-state index in [0.717, 1.165) is 11.8 Å². The summed E-state index contributed by atoms with van der Waals surface area (Å²) in [6.07, 6.45) is 0.944. The van der Waals surface area contributed by atoms with Gasteiger partial charge in [-0.1, -0.05) is 55.4 Å². The molecule has 1 unspecified atom stereocenters. The van der Waals surface area contributed by atoms with E-state index in [9.17, 15) is 4.79 Å². The van der Waals surface area contributed by atoms with Crippen molar-refractivity contribution in [1.29, 1.82) is 0 Å². The number of ether oxygens (including phenoxy) is 2. The van der Waals surface area contributed by atoms with Gasteiger partial charge in [0.1, 0.15) is 6.29 Å². The highest BCUT2D eigenvalue weighted by Gasteiger charge is 2.33. The summed E-state index contributed by atoms with van der Waals surface area (Å²) in [5.41, 5.74) is 1.90. The minimum atomic E-state index is -0.375. The molecule has 24 heavy (non-hydrogen) atoms. The smallest absolute Gasteiger partial charge is 0.220 e. The molecule has 0 spiro atoms. The van der Waals surface area contributed by atoms with Gasteiger partial charge in [-0.25, -0.2) is 0 Å². The molecular formula is C18H22N2O3S. The van der Waals surface area contributed by atoms with Gasteiger partial charge in [-0.15, -0.1) is 0 Å². The first-order chi connectivity index (χ1) is 11.4. The summed E-state index contributed by atoms with van der Waals surface area (Å²) in [4.78, 5) is 20.4. The zero-order chi connectivity index (χ0) is 17.7. The first kappa shape index (κ1) is 18.3. The first-order valence-electron chi connectivity index (χ1n) is 7.57. The van der Waals surface area contributed by atoms with Crippen molar-refractivity contribution in [2.45, 2.75) is 36.6 Å². The van der Waals surface area contributed by atoms with Crippen LogP contribution in [-0.4, -0.2) is 35.7 Å². The summed E-state index contributed by atoms with van der Waals surface area (Å²) in [7, 11) is 3.06. The van der Waals surface area contributed by atoms with Crippen LogP contribution in [0.5, 0.6) is 11.8 Å². The van der Waals surface area contributed by atoms with E-state index in [1.807, 2.05) is 20.8 Å². The highest BCUT2D eigenvalue weighted by Crippen LogP contribution is 2.37. The third-order valence-electron chi connectivity index (χ3n) is 3.94. The van der Waals surface area contributed by atoms with E-state index >= 15 is 0 Å². The largest absolute Gasteiger partial charge is 0.481 e. The van der Waals surface area contributed by atoms with E-state index in [4.69, 9.17) is 9.47 Å². The van der Waals surface area contributed by atoms with Gasteiger partial charge in [0.15, 0.2) is 5.16 Å². The molecule has 2 rings (SSSR count). The molecule has 0 aliphatic carbocycles. The summed E-state index contributed by atoms with van der Waals surface area (Å²) in [5.74, 6) is 0.810. The molecule has 0 aliphatic rings. The number of aldehydes is 1. The van der Waals surface area contributed by atoms with Crippen molar-refractivity contribution in [1.82, 2.24) is 9.97 Å². The Kier molecular flexibility index (Phi) is 5.83. The van der Waals surface area contributed by atoms with E-state index in [0.29, 0.717) is 16.9 Å². The van der Waals surface area contributed by atoms with Crippen LogP contribution in [0.1, 0.15) is 25.0 Å². The average Bonchev–Trinajstić information content (AvgIpc) is 2.59. The third kappa shape index (κ3) is 4.06. The fourth-order valence-electron chi connectivity index (χ4n) is 2.25. The monoisotopic (exact) mass is 346 g/mol. The van der Waals surface area contributed by atoms with Crippen LogP contribution in [0.3, 0.4) is 0 Å². The lowest BCUT2D eigenvalue weighted by Crippen LogP contribution is -2.32. The minimum Gasteiger partial charge on any atom is -0.481 e. The van der Waals surface area contributed by atoms with Gasteiger partial charge in [0.05, 0.1) is 25.5 Å². The summed E-state index contributed by atoms with van der Waals surface area (Å²) in [6, 6.07) is 9.81. The second-order valence-corrected chi connectivity index (χ2v) is 7.11. The van der Waals surface area contributed by atoms with Crippen LogP contribution in [0.2, 0.25) is 0 Å². The molecule has 0 N–H and O–H groups in total. The predicted octanol–water partition coefficient (Wildman–Crippen LogP) is 3.44. The third-order valence-corrected chi connectivity index (χ3v) is 5.29. The van der Waals surface area contributed by atoms with E-state index in [1.54, 1.807) is 6.07 Å². The Morgan fingerprint density at radius 1 is 1.08 bits per heavy atom. The molecule has 1 atom stereocenters. The molecule has 5 nitrogen and oxygen atoms in total. The van der Waals surface area contributed by atoms with E-state index in [1.165, 1.54) is 31.5 Å². The maximum absolute atomic E-state index is 11.8. The molecule has 1 aromatic carbocycles. The molecule has 6 heteroatoms. The Morgan fingerprint density at radius 3 is 2.08 bits per heavy atom. The molecule has 0 amide bonds. The molecule has 2 aromatic rings. The quantitative estimate of drug-likeness (QED) is 0.435. The van der Waals surface area contributed by atoms with Crippen molar-refractivity contribution in [3.8, 4) is 11.8 Å². The summed E-state index contributed by atoms with van der Waals surface area (Å²) >= 11 is 1.30. The normalized spacial score (nSPS) is 12.5. The maximum Gasteiger partial charge on any atom is 0.220 e. The average molecular weight is 346 g/mol. The lowest BCUT2D eigenvalue weighted by molar-refractivity contribution is -0.108. The number of carbonyl (C=O) groups is 1. The molecule has 0 radical (unpaired) electrons. The van der Waals surface area contributed by atoms with Crippen LogP contribution >= 0.6 is 11.8 Å². The standard InChI is InChI=1S/C18H22N2O3S/c1-12-6-8-13(9-7-12)18(2,3)14(11-21)24-17-19-15(22-4)10-16(20-17)23-5/h6-11,14H,1-5H3. The number of rotatable bonds is 7. The zero-order valence-electron chi connectivity index (χ0n) is 14.6. The number of carbonyl (C=O) groups excluding carboxylic acids is 1. The zero-order valence-corrected chi connectivity index (χ0v) is 15.4. The van der Waals surface area contributed by atoms with Crippen molar-refractivity contribution in [3.63, 3.8) is 0 Å². The Balaban J connectivity index is 2.31. The Hall–Kier alpha value is -2.08. The fourth-order valence-corrected chi connectivity index (χ4v) is 3.25. The minimum absolute atomic E-state index is 0.350. The van der Waals surface area contributed by atoms with Crippen LogP contribution < -0.4 is 9.47 Å². The van der Waals surface area contributed by atoms with Crippen LogP contribution in [0.15, 0.2) is 35.5 Å². The Bertz CT molecular complexity index is 680. The number of benzene rings is 1. The van der Waals surface area contributed by atoms with Gasteiger partial charge in [-0.3, -0.25) is 0 Å². The number of aryl methyl sites for hydroxylation is 1. The van der Waals surface area contributed by atoms with Crippen molar-refractivity contribution in [2.75, 3.05) is 14.2 Å². The highest BCUT2D eigenvalue weighted by atomic mass is 32.2. The molecule has 0 saturated heterocycles. The van der Waals surface area contributed by atoms with Crippen LogP contribution in [0, 0.1) is 6.92 Å². The van der Waals surface area contributed by atoms with Gasteiger partial charge in [0, 0.05) is 5.41 Å². The molecule has 0 fully saturated rings. The van der Waals surface area contributed by atoms with Crippen molar-refractivity contribution >= 4 is 18.0 Å². The second-order valence-electron chi connectivity index (χ2n) is 6.00. The number of hydrogen-bond acceptors (Lipinski definition) is 6. The molecule has 0 saturated carbocycles. The number of thioether (sulfide) groups is 1. The Morgan fingerprint density at radius 2 is 1.62 bits per heavy atom. The van der Waals surface area contributed by atoms with E-state index < -0.39 is 0 Å². The highest BCUT2D eigenvalue weighted by molar-refractivity contribution is 8.00. The van der Waals surface area contributed by atoms with Gasteiger partial charge in [-0.2, -0.15) is 9.97 Å². The van der Waals surface area contributed by atoms with Gasteiger partial charge in [-0.05, 0) is 12.5 Å². The van der Waals surface area contributed by atoms with Gasteiger partial charge < -0.3 is 14.3 Å². The lowest BCUT2D eigenvalue weighted by Gasteiger charge is -2.30. The Labute approximate surface area is 146 Å². The van der Waals surface area contributed by atoms with E-state index in [2.05, 4.69) is 34.2 Å². The SMILES string of the molecule is COc1cc(OC)nc(SC(C=O)C(C)(C)c2ccc(C)cc2)n1. The summed E-state index contributed by atoms with van der Waals surface area (Å²) in [6.45, 7) is 6.13. The number of methoxy groups -OCH3 is 2. The fraction of sp³-hybridized carbons (Fsp3) is 0.389. The molecular weight excluding hydrogens is 324 g/mol. The molecule has 1 aromatic heterocycles. The van der Waals surface area contributed by atoms with Crippen LogP contribution in [0.25, 0.3) is 0 Å². The van der Waals surface area contributed by atoms with Gasteiger partial charge >= 0.3 is 0 Å².